The summed E-state index contributed by atoms with van der Waals surface area (Å²) in [7, 11) is 0. The number of hydrogen-bond acceptors (Lipinski definition) is 3. The van der Waals surface area contributed by atoms with Gasteiger partial charge < -0.3 is 0 Å². The van der Waals surface area contributed by atoms with Crippen LogP contribution < -0.4 is 0 Å². The van der Waals surface area contributed by atoms with Gasteiger partial charge in [-0.25, -0.2) is 0 Å². The number of carbonyl (C=O) groups excluding carboxylic acids is 3. The molecule has 3 nitrogen and oxygen atoms in total. The predicted octanol–water partition coefficient (Wildman–Crippen LogP) is 3.32. The molecule has 0 saturated carbocycles. The zero-order valence-electron chi connectivity index (χ0n) is 11.7. The standard InChI is InChI=1S/C15H13F3O3/c1-14(2,3)13(21)10-11(19)7-5-4-6-8(15(16,17)18)9(7)12(10)20/h4-6,10H,1-3H3. The number of alkyl halides is 3. The van der Waals surface area contributed by atoms with Crippen molar-refractivity contribution in [2.45, 2.75) is 26.9 Å². The van der Waals surface area contributed by atoms with E-state index >= 15 is 0 Å². The van der Waals surface area contributed by atoms with Crippen molar-refractivity contribution in [1.29, 1.82) is 0 Å². The monoisotopic (exact) mass is 298 g/mol. The van der Waals surface area contributed by atoms with Crippen LogP contribution in [-0.4, -0.2) is 17.3 Å². The van der Waals surface area contributed by atoms with Crippen LogP contribution in [0.4, 0.5) is 13.2 Å². The van der Waals surface area contributed by atoms with Crippen molar-refractivity contribution in [3.63, 3.8) is 0 Å². The highest BCUT2D eigenvalue weighted by Gasteiger charge is 2.50. The molecule has 0 spiro atoms. The Labute approximate surface area is 119 Å². The van der Waals surface area contributed by atoms with Gasteiger partial charge in [0.25, 0.3) is 0 Å². The van der Waals surface area contributed by atoms with Crippen LogP contribution in [0, 0.1) is 11.3 Å². The molecule has 0 heterocycles. The SMILES string of the molecule is CC(C)(C)C(=O)C1C(=O)c2cccc(C(F)(F)F)c2C1=O. The predicted molar refractivity (Wildman–Crippen MR) is 68.1 cm³/mol. The van der Waals surface area contributed by atoms with E-state index in [1.807, 2.05) is 0 Å². The molecule has 1 aliphatic carbocycles. The minimum Gasteiger partial charge on any atom is -0.298 e. The van der Waals surface area contributed by atoms with Gasteiger partial charge in [-0.15, -0.1) is 0 Å². The lowest BCUT2D eigenvalue weighted by atomic mass is 9.81. The molecule has 6 heteroatoms. The molecule has 0 radical (unpaired) electrons. The van der Waals surface area contributed by atoms with Gasteiger partial charge in [-0.2, -0.15) is 13.2 Å². The van der Waals surface area contributed by atoms with Gasteiger partial charge in [0.1, 0.15) is 5.92 Å². The van der Waals surface area contributed by atoms with Crippen molar-refractivity contribution in [2.75, 3.05) is 0 Å². The number of Topliss-reactive ketones (excluding diaryl/α,β-unsaturated/α-hetero) is 3. The Hall–Kier alpha value is -1.98. The fraction of sp³-hybridized carbons (Fsp3) is 0.400. The first-order chi connectivity index (χ1) is 9.46. The normalized spacial score (nSPS) is 18.9. The Morgan fingerprint density at radius 1 is 1.05 bits per heavy atom. The van der Waals surface area contributed by atoms with Crippen LogP contribution >= 0.6 is 0 Å². The zero-order valence-corrected chi connectivity index (χ0v) is 11.7. The average Bonchev–Trinajstić information content (AvgIpc) is 2.59. The highest BCUT2D eigenvalue weighted by Crippen LogP contribution is 2.40. The number of hydrogen-bond donors (Lipinski definition) is 0. The molecule has 1 unspecified atom stereocenters. The summed E-state index contributed by atoms with van der Waals surface area (Å²) in [6.45, 7) is 4.55. The van der Waals surface area contributed by atoms with Gasteiger partial charge in [0.15, 0.2) is 17.3 Å². The van der Waals surface area contributed by atoms with E-state index in [2.05, 4.69) is 0 Å². The first-order valence-corrected chi connectivity index (χ1v) is 6.29. The maximum absolute atomic E-state index is 13.0. The van der Waals surface area contributed by atoms with Crippen molar-refractivity contribution in [3.8, 4) is 0 Å². The van der Waals surface area contributed by atoms with Gasteiger partial charge in [-0.3, -0.25) is 14.4 Å². The first-order valence-electron chi connectivity index (χ1n) is 6.29. The van der Waals surface area contributed by atoms with E-state index in [1.165, 1.54) is 20.8 Å². The molecule has 2 rings (SSSR count). The van der Waals surface area contributed by atoms with Gasteiger partial charge in [0, 0.05) is 16.5 Å². The average molecular weight is 298 g/mol. The third-order valence-electron chi connectivity index (χ3n) is 3.41. The largest absolute Gasteiger partial charge is 0.417 e. The summed E-state index contributed by atoms with van der Waals surface area (Å²) in [6.07, 6.45) is -4.75. The Morgan fingerprint density at radius 3 is 2.10 bits per heavy atom. The Balaban J connectivity index is 2.61. The van der Waals surface area contributed by atoms with Gasteiger partial charge in [0.05, 0.1) is 5.56 Å². The summed E-state index contributed by atoms with van der Waals surface area (Å²) in [6, 6.07) is 2.96. The van der Waals surface area contributed by atoms with Crippen LogP contribution in [-0.2, 0) is 11.0 Å². The summed E-state index contributed by atoms with van der Waals surface area (Å²) < 4.78 is 38.9. The highest BCUT2D eigenvalue weighted by molar-refractivity contribution is 6.36. The topological polar surface area (TPSA) is 51.2 Å². The second-order valence-electron chi connectivity index (χ2n) is 6.00. The zero-order chi connectivity index (χ0) is 16.2. The lowest BCUT2D eigenvalue weighted by molar-refractivity contribution is -0.138. The van der Waals surface area contributed by atoms with Crippen molar-refractivity contribution < 1.29 is 27.6 Å². The van der Waals surface area contributed by atoms with E-state index in [-0.39, 0.29) is 5.56 Å². The van der Waals surface area contributed by atoms with Crippen LogP contribution in [0.3, 0.4) is 0 Å². The van der Waals surface area contributed by atoms with Crippen LogP contribution in [0.5, 0.6) is 0 Å². The minimum absolute atomic E-state index is 0.322. The van der Waals surface area contributed by atoms with E-state index in [4.69, 9.17) is 0 Å². The molecule has 1 atom stereocenters. The molecular weight excluding hydrogens is 285 g/mol. The second kappa shape index (κ2) is 4.51. The highest BCUT2D eigenvalue weighted by atomic mass is 19.4. The smallest absolute Gasteiger partial charge is 0.298 e. The molecule has 0 aliphatic heterocycles. The van der Waals surface area contributed by atoms with Crippen molar-refractivity contribution >= 4 is 17.3 Å². The number of benzene rings is 1. The molecule has 1 aliphatic rings. The molecule has 0 amide bonds. The molecule has 0 aromatic heterocycles. The fourth-order valence-electron chi connectivity index (χ4n) is 2.35. The third kappa shape index (κ3) is 2.39. The van der Waals surface area contributed by atoms with E-state index in [0.29, 0.717) is 0 Å². The van der Waals surface area contributed by atoms with E-state index in [1.54, 1.807) is 0 Å². The lowest BCUT2D eigenvalue weighted by Crippen LogP contribution is -2.35. The van der Waals surface area contributed by atoms with E-state index in [0.717, 1.165) is 18.2 Å². The lowest BCUT2D eigenvalue weighted by Gasteiger charge is -2.19. The molecule has 112 valence electrons. The van der Waals surface area contributed by atoms with Gasteiger partial charge in [-0.1, -0.05) is 32.9 Å². The summed E-state index contributed by atoms with van der Waals surface area (Å²) in [5.41, 5.74) is -3.16. The van der Waals surface area contributed by atoms with Crippen LogP contribution in [0.25, 0.3) is 0 Å². The molecule has 21 heavy (non-hydrogen) atoms. The molecule has 0 N–H and O–H groups in total. The number of ketones is 3. The van der Waals surface area contributed by atoms with Crippen LogP contribution in [0.15, 0.2) is 18.2 Å². The maximum Gasteiger partial charge on any atom is 0.417 e. The molecule has 0 saturated heterocycles. The summed E-state index contributed by atoms with van der Waals surface area (Å²) >= 11 is 0. The van der Waals surface area contributed by atoms with Gasteiger partial charge in [-0.05, 0) is 6.07 Å². The number of fused-ring (bicyclic) bond motifs is 1. The molecular formula is C15H13F3O3. The van der Waals surface area contributed by atoms with Crippen LogP contribution in [0.1, 0.15) is 47.1 Å². The third-order valence-corrected chi connectivity index (χ3v) is 3.41. The summed E-state index contributed by atoms with van der Waals surface area (Å²) in [5.74, 6) is -4.23. The van der Waals surface area contributed by atoms with Crippen LogP contribution in [0.2, 0.25) is 0 Å². The van der Waals surface area contributed by atoms with Crippen molar-refractivity contribution in [2.24, 2.45) is 11.3 Å². The first kappa shape index (κ1) is 15.4. The number of rotatable bonds is 1. The second-order valence-corrected chi connectivity index (χ2v) is 6.00. The fourth-order valence-corrected chi connectivity index (χ4v) is 2.35. The molecule has 1 aromatic carbocycles. The quantitative estimate of drug-likeness (QED) is 0.747. The summed E-state index contributed by atoms with van der Waals surface area (Å²) in [4.78, 5) is 36.6. The van der Waals surface area contributed by atoms with Crippen molar-refractivity contribution in [3.05, 3.63) is 34.9 Å². The van der Waals surface area contributed by atoms with Gasteiger partial charge >= 0.3 is 6.18 Å². The summed E-state index contributed by atoms with van der Waals surface area (Å²) in [5, 5.41) is 0. The molecule has 0 fully saturated rings. The maximum atomic E-state index is 13.0. The van der Waals surface area contributed by atoms with Crippen molar-refractivity contribution in [1.82, 2.24) is 0 Å². The number of halogens is 3. The van der Waals surface area contributed by atoms with Gasteiger partial charge in [0.2, 0.25) is 0 Å². The molecule has 1 aromatic rings. The molecule has 0 bridgehead atoms. The Morgan fingerprint density at radius 2 is 1.62 bits per heavy atom. The van der Waals surface area contributed by atoms with E-state index < -0.39 is 46.0 Å². The van der Waals surface area contributed by atoms with E-state index in [9.17, 15) is 27.6 Å². The Bertz CT molecular complexity index is 651. The minimum atomic E-state index is -4.75. The Kier molecular flexibility index (Phi) is 3.31. The number of carbonyl (C=O) groups is 3.